The summed E-state index contributed by atoms with van der Waals surface area (Å²) in [5.41, 5.74) is 0.0189. The molecular formula is C23H25ClN4O3. The molecule has 8 heteroatoms. The quantitative estimate of drug-likeness (QED) is 0.676. The van der Waals surface area contributed by atoms with Gasteiger partial charge in [0.05, 0.1) is 17.5 Å². The van der Waals surface area contributed by atoms with Gasteiger partial charge in [0.2, 0.25) is 5.91 Å². The van der Waals surface area contributed by atoms with E-state index in [9.17, 15) is 14.7 Å². The van der Waals surface area contributed by atoms with Crippen LogP contribution in [0.3, 0.4) is 0 Å². The van der Waals surface area contributed by atoms with E-state index in [2.05, 4.69) is 4.98 Å². The minimum absolute atomic E-state index is 0.167. The number of aliphatic hydroxyl groups is 1. The van der Waals surface area contributed by atoms with Gasteiger partial charge in [-0.25, -0.2) is 4.98 Å². The van der Waals surface area contributed by atoms with Crippen molar-refractivity contribution in [1.29, 1.82) is 0 Å². The topological polar surface area (TPSA) is 80.4 Å². The Morgan fingerprint density at radius 1 is 1.13 bits per heavy atom. The molecule has 162 valence electrons. The third kappa shape index (κ3) is 3.66. The van der Waals surface area contributed by atoms with E-state index in [0.717, 1.165) is 18.5 Å². The molecule has 3 heterocycles. The fourth-order valence-electron chi connectivity index (χ4n) is 4.36. The molecule has 2 aliphatic rings. The number of nitrogens with zero attached hydrogens (tertiary/aromatic N) is 4. The Hall–Kier alpha value is -2.64. The molecule has 0 radical (unpaired) electrons. The summed E-state index contributed by atoms with van der Waals surface area (Å²) >= 11 is 5.97. The van der Waals surface area contributed by atoms with Gasteiger partial charge < -0.3 is 14.6 Å². The second-order valence-electron chi connectivity index (χ2n) is 9.15. The summed E-state index contributed by atoms with van der Waals surface area (Å²) in [4.78, 5) is 32.0. The second-order valence-corrected chi connectivity index (χ2v) is 9.59. The van der Waals surface area contributed by atoms with Crippen molar-refractivity contribution < 1.29 is 9.90 Å². The van der Waals surface area contributed by atoms with Crippen LogP contribution in [0.25, 0.3) is 16.7 Å². The first-order chi connectivity index (χ1) is 14.8. The maximum absolute atomic E-state index is 13.1. The fourth-order valence-corrected chi connectivity index (χ4v) is 4.49. The summed E-state index contributed by atoms with van der Waals surface area (Å²) in [5, 5.41) is 12.2. The lowest BCUT2D eigenvalue weighted by Crippen LogP contribution is -2.51. The van der Waals surface area contributed by atoms with Crippen molar-refractivity contribution in [2.24, 2.45) is 5.41 Å². The van der Waals surface area contributed by atoms with Gasteiger partial charge in [-0.15, -0.1) is 0 Å². The number of piperidine rings is 1. The van der Waals surface area contributed by atoms with Crippen LogP contribution in [0.2, 0.25) is 5.02 Å². The van der Waals surface area contributed by atoms with Gasteiger partial charge in [0, 0.05) is 35.4 Å². The Bertz CT molecular complexity index is 1200. The number of fused-ring (bicyclic) bond motifs is 1. The van der Waals surface area contributed by atoms with Crippen LogP contribution in [-0.2, 0) is 11.3 Å². The Balaban J connectivity index is 1.35. The SMILES string of the molecule is CC1(C(=O)N2CCC(O)(Cn3cnc4c(ccn4-c4ccc(Cl)cc4)c3=O)CC2)CC1. The summed E-state index contributed by atoms with van der Waals surface area (Å²) in [6, 6.07) is 9.07. The zero-order valence-electron chi connectivity index (χ0n) is 17.4. The Morgan fingerprint density at radius 2 is 1.81 bits per heavy atom. The lowest BCUT2D eigenvalue weighted by atomic mass is 9.90. The molecule has 1 aliphatic heterocycles. The first-order valence-corrected chi connectivity index (χ1v) is 11.0. The fraction of sp³-hybridized carbons (Fsp3) is 0.435. The number of amides is 1. The number of benzene rings is 1. The number of hydrogen-bond acceptors (Lipinski definition) is 4. The summed E-state index contributed by atoms with van der Waals surface area (Å²) in [5.74, 6) is 0.193. The Kier molecular flexibility index (Phi) is 4.71. The molecule has 0 atom stereocenters. The van der Waals surface area contributed by atoms with E-state index in [-0.39, 0.29) is 23.4 Å². The van der Waals surface area contributed by atoms with E-state index in [1.165, 1.54) is 10.9 Å². The normalized spacial score (nSPS) is 19.5. The summed E-state index contributed by atoms with van der Waals surface area (Å²) < 4.78 is 3.32. The van der Waals surface area contributed by atoms with Gasteiger partial charge in [-0.1, -0.05) is 18.5 Å². The molecule has 0 unspecified atom stereocenters. The van der Waals surface area contributed by atoms with Crippen LogP contribution >= 0.6 is 11.6 Å². The maximum atomic E-state index is 13.1. The highest BCUT2D eigenvalue weighted by Crippen LogP contribution is 2.47. The van der Waals surface area contributed by atoms with Crippen LogP contribution in [0.15, 0.2) is 47.7 Å². The van der Waals surface area contributed by atoms with Gasteiger partial charge in [-0.3, -0.25) is 14.2 Å². The lowest BCUT2D eigenvalue weighted by Gasteiger charge is -2.39. The van der Waals surface area contributed by atoms with Crippen molar-refractivity contribution in [1.82, 2.24) is 19.0 Å². The van der Waals surface area contributed by atoms with Crippen molar-refractivity contribution in [2.45, 2.75) is 44.8 Å². The molecule has 5 rings (SSSR count). The number of likely N-dealkylation sites (tertiary alicyclic amines) is 1. The van der Waals surface area contributed by atoms with Crippen LogP contribution in [0.1, 0.15) is 32.6 Å². The van der Waals surface area contributed by atoms with E-state index in [4.69, 9.17) is 11.6 Å². The van der Waals surface area contributed by atoms with E-state index < -0.39 is 5.60 Å². The zero-order valence-corrected chi connectivity index (χ0v) is 18.2. The first kappa shape index (κ1) is 20.3. The second kappa shape index (κ2) is 7.21. The smallest absolute Gasteiger partial charge is 0.262 e. The average molecular weight is 441 g/mol. The van der Waals surface area contributed by atoms with E-state index >= 15 is 0 Å². The standard InChI is InChI=1S/C23H25ClN4O3/c1-22(7-8-22)21(30)26-12-9-23(31,10-13-26)14-27-15-25-19-18(20(27)29)6-11-28(19)17-4-2-16(24)3-5-17/h2-6,11,15,31H,7-10,12-14H2,1H3. The molecule has 2 fully saturated rings. The first-order valence-electron chi connectivity index (χ1n) is 10.6. The predicted octanol–water partition coefficient (Wildman–Crippen LogP) is 2.99. The predicted molar refractivity (Wildman–Crippen MR) is 118 cm³/mol. The third-order valence-electron chi connectivity index (χ3n) is 6.74. The monoisotopic (exact) mass is 440 g/mol. The molecule has 1 amide bonds. The van der Waals surface area contributed by atoms with Gasteiger partial charge in [0.1, 0.15) is 6.33 Å². The van der Waals surface area contributed by atoms with Gasteiger partial charge in [-0.05, 0) is 56.0 Å². The number of carbonyl (C=O) groups excluding carboxylic acids is 1. The number of hydrogen-bond donors (Lipinski definition) is 1. The molecular weight excluding hydrogens is 416 g/mol. The summed E-state index contributed by atoms with van der Waals surface area (Å²) in [7, 11) is 0. The molecule has 1 saturated heterocycles. The summed E-state index contributed by atoms with van der Waals surface area (Å²) in [6.45, 7) is 3.21. The summed E-state index contributed by atoms with van der Waals surface area (Å²) in [6.07, 6.45) is 6.10. The average Bonchev–Trinajstić information content (AvgIpc) is 3.36. The highest BCUT2D eigenvalue weighted by Gasteiger charge is 2.48. The van der Waals surface area contributed by atoms with Crippen molar-refractivity contribution in [3.63, 3.8) is 0 Å². The molecule has 1 aromatic carbocycles. The highest BCUT2D eigenvalue weighted by atomic mass is 35.5. The molecule has 0 bridgehead atoms. The third-order valence-corrected chi connectivity index (χ3v) is 6.99. The van der Waals surface area contributed by atoms with E-state index in [1.54, 1.807) is 18.2 Å². The van der Waals surface area contributed by atoms with E-state index in [0.29, 0.717) is 42.0 Å². The van der Waals surface area contributed by atoms with Gasteiger partial charge in [0.25, 0.3) is 5.56 Å². The highest BCUT2D eigenvalue weighted by molar-refractivity contribution is 6.30. The van der Waals surface area contributed by atoms with Crippen LogP contribution in [-0.4, -0.2) is 48.7 Å². The van der Waals surface area contributed by atoms with Crippen molar-refractivity contribution in [2.75, 3.05) is 13.1 Å². The van der Waals surface area contributed by atoms with Crippen molar-refractivity contribution in [3.8, 4) is 5.69 Å². The van der Waals surface area contributed by atoms with Crippen LogP contribution in [0.5, 0.6) is 0 Å². The van der Waals surface area contributed by atoms with Crippen molar-refractivity contribution in [3.05, 3.63) is 58.2 Å². The van der Waals surface area contributed by atoms with Gasteiger partial charge >= 0.3 is 0 Å². The largest absolute Gasteiger partial charge is 0.388 e. The molecule has 1 N–H and O–H groups in total. The molecule has 7 nitrogen and oxygen atoms in total. The van der Waals surface area contributed by atoms with Gasteiger partial charge in [-0.2, -0.15) is 0 Å². The number of aromatic nitrogens is 3. The van der Waals surface area contributed by atoms with E-state index in [1.807, 2.05) is 34.7 Å². The molecule has 31 heavy (non-hydrogen) atoms. The molecule has 2 aromatic heterocycles. The number of rotatable bonds is 4. The number of carbonyl (C=O) groups is 1. The minimum atomic E-state index is -1.03. The number of halogens is 1. The Morgan fingerprint density at radius 3 is 2.45 bits per heavy atom. The molecule has 1 aliphatic carbocycles. The van der Waals surface area contributed by atoms with Crippen molar-refractivity contribution >= 4 is 28.5 Å². The lowest BCUT2D eigenvalue weighted by molar-refractivity contribution is -0.141. The Labute approximate surface area is 184 Å². The maximum Gasteiger partial charge on any atom is 0.262 e. The van der Waals surface area contributed by atoms with Crippen LogP contribution in [0.4, 0.5) is 0 Å². The van der Waals surface area contributed by atoms with Gasteiger partial charge in [0.15, 0.2) is 5.65 Å². The molecule has 0 spiro atoms. The molecule has 3 aromatic rings. The van der Waals surface area contributed by atoms with Crippen LogP contribution in [0, 0.1) is 5.41 Å². The minimum Gasteiger partial charge on any atom is -0.388 e. The molecule has 1 saturated carbocycles. The van der Waals surface area contributed by atoms with Crippen LogP contribution < -0.4 is 5.56 Å². The zero-order chi connectivity index (χ0) is 21.8.